The second-order valence-electron chi connectivity index (χ2n) is 2.56. The van der Waals surface area contributed by atoms with Crippen molar-refractivity contribution in [3.05, 3.63) is 0 Å². The van der Waals surface area contributed by atoms with Crippen LogP contribution in [0.25, 0.3) is 0 Å². The Hall–Kier alpha value is -0.710. The molecule has 0 aliphatic heterocycles. The number of hydrogen-bond acceptors (Lipinski definition) is 3. The van der Waals surface area contributed by atoms with Gasteiger partial charge < -0.3 is 10.5 Å². The molecule has 0 saturated heterocycles. The Balaban J connectivity index is 4.01. The van der Waals surface area contributed by atoms with E-state index in [-0.39, 0.29) is 0 Å². The number of rotatable bonds is 3. The molecule has 2 N–H and O–H groups in total. The van der Waals surface area contributed by atoms with Crippen LogP contribution < -0.4 is 5.73 Å². The Bertz CT molecular complexity index is 148. The number of nitrogens with two attached hydrogens (primary N) is 1. The van der Waals surface area contributed by atoms with Gasteiger partial charge in [-0.2, -0.15) is 0 Å². The first-order valence-electron chi connectivity index (χ1n) is 3.04. The van der Waals surface area contributed by atoms with Crippen molar-refractivity contribution >= 4 is 5.97 Å². The van der Waals surface area contributed by atoms with Gasteiger partial charge in [-0.05, 0) is 6.92 Å². The summed E-state index contributed by atoms with van der Waals surface area (Å²) >= 11 is 0. The van der Waals surface area contributed by atoms with Gasteiger partial charge in [0.15, 0.2) is 0 Å². The number of carbonyl (C=O) groups excluding carboxylic acids is 1. The number of halogens is 2. The second-order valence-corrected chi connectivity index (χ2v) is 2.56. The third-order valence-electron chi connectivity index (χ3n) is 1.25. The molecule has 0 fully saturated rings. The topological polar surface area (TPSA) is 52.3 Å². The number of methoxy groups -OCH3 is 1. The van der Waals surface area contributed by atoms with E-state index in [1.165, 1.54) is 0 Å². The molecule has 0 aromatic rings. The zero-order valence-corrected chi connectivity index (χ0v) is 6.43. The van der Waals surface area contributed by atoms with Crippen molar-refractivity contribution in [2.75, 3.05) is 7.11 Å². The summed E-state index contributed by atoms with van der Waals surface area (Å²) in [5.74, 6) is -0.727. The predicted molar refractivity (Wildman–Crippen MR) is 35.2 cm³/mol. The standard InChI is InChI=1S/C6H11F2NO2/c1-6(9,5(7)8)3-4(10)11-2/h5H,3,9H2,1-2H3. The number of esters is 1. The monoisotopic (exact) mass is 167 g/mol. The zero-order valence-electron chi connectivity index (χ0n) is 6.43. The summed E-state index contributed by atoms with van der Waals surface area (Å²) in [4.78, 5) is 10.5. The summed E-state index contributed by atoms with van der Waals surface area (Å²) in [6.45, 7) is 1.11. The largest absolute Gasteiger partial charge is 0.469 e. The molecule has 0 aliphatic carbocycles. The van der Waals surface area contributed by atoms with Crippen LogP contribution in [-0.2, 0) is 9.53 Å². The molecule has 5 heteroatoms. The van der Waals surface area contributed by atoms with Gasteiger partial charge in [0.1, 0.15) is 0 Å². The molecule has 3 nitrogen and oxygen atoms in total. The molecule has 0 aliphatic rings. The Morgan fingerprint density at radius 3 is 2.45 bits per heavy atom. The lowest BCUT2D eigenvalue weighted by Crippen LogP contribution is -2.45. The van der Waals surface area contributed by atoms with Crippen LogP contribution in [0.4, 0.5) is 8.78 Å². The summed E-state index contributed by atoms with van der Waals surface area (Å²) in [5.41, 5.74) is 3.30. The van der Waals surface area contributed by atoms with Crippen LogP contribution in [0.15, 0.2) is 0 Å². The molecule has 0 aromatic heterocycles. The molecule has 66 valence electrons. The third-order valence-corrected chi connectivity index (χ3v) is 1.25. The molecular weight excluding hydrogens is 156 g/mol. The van der Waals surface area contributed by atoms with Gasteiger partial charge in [-0.15, -0.1) is 0 Å². The number of ether oxygens (including phenoxy) is 1. The maximum Gasteiger partial charge on any atom is 0.307 e. The fourth-order valence-corrected chi connectivity index (χ4v) is 0.460. The van der Waals surface area contributed by atoms with E-state index in [9.17, 15) is 13.6 Å². The van der Waals surface area contributed by atoms with E-state index in [0.29, 0.717) is 0 Å². The molecule has 0 rings (SSSR count). The zero-order chi connectivity index (χ0) is 9.07. The molecule has 1 unspecified atom stereocenters. The van der Waals surface area contributed by atoms with Crippen LogP contribution in [0.3, 0.4) is 0 Å². The molecule has 0 saturated carbocycles. The lowest BCUT2D eigenvalue weighted by Gasteiger charge is -2.21. The Kier molecular flexibility index (Phi) is 3.38. The lowest BCUT2D eigenvalue weighted by molar-refractivity contribution is -0.143. The van der Waals surface area contributed by atoms with Crippen molar-refractivity contribution < 1.29 is 18.3 Å². The van der Waals surface area contributed by atoms with Crippen molar-refractivity contribution in [2.45, 2.75) is 25.3 Å². The third kappa shape index (κ3) is 3.27. The highest BCUT2D eigenvalue weighted by Crippen LogP contribution is 2.16. The minimum atomic E-state index is -2.72. The van der Waals surface area contributed by atoms with Gasteiger partial charge in [0.05, 0.1) is 19.1 Å². The van der Waals surface area contributed by atoms with Gasteiger partial charge in [0.2, 0.25) is 0 Å². The maximum absolute atomic E-state index is 12.0. The molecule has 0 spiro atoms. The number of hydrogen-bond donors (Lipinski definition) is 1. The molecule has 0 heterocycles. The van der Waals surface area contributed by atoms with E-state index in [0.717, 1.165) is 14.0 Å². The van der Waals surface area contributed by atoms with E-state index >= 15 is 0 Å². The number of carbonyl (C=O) groups is 1. The van der Waals surface area contributed by atoms with Crippen molar-refractivity contribution in [2.24, 2.45) is 5.73 Å². The van der Waals surface area contributed by atoms with Crippen LogP contribution in [0, 0.1) is 0 Å². The number of alkyl halides is 2. The summed E-state index contributed by atoms with van der Waals surface area (Å²) in [6, 6.07) is 0. The molecule has 0 bridgehead atoms. The fraction of sp³-hybridized carbons (Fsp3) is 0.833. The van der Waals surface area contributed by atoms with Crippen LogP contribution in [0.1, 0.15) is 13.3 Å². The van der Waals surface area contributed by atoms with E-state index in [1.54, 1.807) is 0 Å². The summed E-state index contributed by atoms with van der Waals surface area (Å²) in [7, 11) is 1.13. The van der Waals surface area contributed by atoms with Gasteiger partial charge in [-0.25, -0.2) is 8.78 Å². The lowest BCUT2D eigenvalue weighted by atomic mass is 10.0. The SMILES string of the molecule is COC(=O)CC(C)(N)C(F)F. The van der Waals surface area contributed by atoms with Crippen molar-refractivity contribution in [1.29, 1.82) is 0 Å². The van der Waals surface area contributed by atoms with E-state index in [2.05, 4.69) is 4.74 Å². The molecular formula is C6H11F2NO2. The highest BCUT2D eigenvalue weighted by molar-refractivity contribution is 5.70. The minimum absolute atomic E-state index is 0.471. The van der Waals surface area contributed by atoms with Crippen molar-refractivity contribution in [3.8, 4) is 0 Å². The maximum atomic E-state index is 12.0. The molecule has 0 aromatic carbocycles. The van der Waals surface area contributed by atoms with Crippen LogP contribution in [0.2, 0.25) is 0 Å². The van der Waals surface area contributed by atoms with Crippen LogP contribution in [0.5, 0.6) is 0 Å². The minimum Gasteiger partial charge on any atom is -0.469 e. The Morgan fingerprint density at radius 2 is 2.18 bits per heavy atom. The average molecular weight is 167 g/mol. The fourth-order valence-electron chi connectivity index (χ4n) is 0.460. The highest BCUT2D eigenvalue weighted by Gasteiger charge is 2.33. The Morgan fingerprint density at radius 1 is 1.73 bits per heavy atom. The van der Waals surface area contributed by atoms with E-state index < -0.39 is 24.4 Å². The van der Waals surface area contributed by atoms with Crippen LogP contribution in [-0.4, -0.2) is 25.0 Å². The molecule has 11 heavy (non-hydrogen) atoms. The summed E-state index contributed by atoms with van der Waals surface area (Å²) in [5, 5.41) is 0. The highest BCUT2D eigenvalue weighted by atomic mass is 19.3. The summed E-state index contributed by atoms with van der Waals surface area (Å²) in [6.07, 6.45) is -3.19. The van der Waals surface area contributed by atoms with Gasteiger partial charge >= 0.3 is 5.97 Å². The first-order valence-corrected chi connectivity index (χ1v) is 3.04. The van der Waals surface area contributed by atoms with Gasteiger partial charge in [0.25, 0.3) is 6.43 Å². The first kappa shape index (κ1) is 10.3. The second kappa shape index (κ2) is 3.61. The molecule has 0 radical (unpaired) electrons. The smallest absolute Gasteiger partial charge is 0.307 e. The van der Waals surface area contributed by atoms with Gasteiger partial charge in [-0.1, -0.05) is 0 Å². The first-order chi connectivity index (χ1) is 4.90. The van der Waals surface area contributed by atoms with Crippen molar-refractivity contribution in [3.63, 3.8) is 0 Å². The van der Waals surface area contributed by atoms with Gasteiger partial charge in [-0.3, -0.25) is 4.79 Å². The molecule has 0 amide bonds. The predicted octanol–water partition coefficient (Wildman–Crippen LogP) is 0.532. The quantitative estimate of drug-likeness (QED) is 0.624. The van der Waals surface area contributed by atoms with Crippen molar-refractivity contribution in [1.82, 2.24) is 0 Å². The Labute approximate surface area is 63.5 Å². The average Bonchev–Trinajstić information content (AvgIpc) is 1.86. The van der Waals surface area contributed by atoms with Gasteiger partial charge in [0, 0.05) is 0 Å². The summed E-state index contributed by atoms with van der Waals surface area (Å²) < 4.78 is 28.1. The molecule has 1 atom stereocenters. The van der Waals surface area contributed by atoms with Crippen LogP contribution >= 0.6 is 0 Å². The van der Waals surface area contributed by atoms with E-state index in [1.807, 2.05) is 0 Å². The normalized spacial score (nSPS) is 16.2. The van der Waals surface area contributed by atoms with E-state index in [4.69, 9.17) is 5.73 Å².